The van der Waals surface area contributed by atoms with Crippen LogP contribution in [-0.2, 0) is 13.1 Å². The average molecular weight is 315 g/mol. The topological polar surface area (TPSA) is 33.1 Å². The summed E-state index contributed by atoms with van der Waals surface area (Å²) in [5, 5.41) is 8.10. The summed E-state index contributed by atoms with van der Waals surface area (Å²) >= 11 is 3.67. The van der Waals surface area contributed by atoms with Crippen molar-refractivity contribution in [3.63, 3.8) is 0 Å². The van der Waals surface area contributed by atoms with Crippen LogP contribution in [0.5, 0.6) is 0 Å². The molecule has 1 fully saturated rings. The van der Waals surface area contributed by atoms with Gasteiger partial charge in [0.15, 0.2) is 0 Å². The molecule has 0 saturated carbocycles. The predicted molar refractivity (Wildman–Crippen MR) is 77.7 cm³/mol. The van der Waals surface area contributed by atoms with E-state index in [0.29, 0.717) is 0 Å². The first-order valence-corrected chi connectivity index (χ1v) is 7.41. The lowest BCUT2D eigenvalue weighted by Crippen LogP contribution is -2.56. The van der Waals surface area contributed by atoms with E-state index < -0.39 is 0 Å². The van der Waals surface area contributed by atoms with Gasteiger partial charge in [0.2, 0.25) is 0 Å². The molecule has 0 spiro atoms. The zero-order valence-electron chi connectivity index (χ0n) is 11.8. The molecule has 0 aliphatic carbocycles. The molecule has 0 radical (unpaired) electrons. The number of rotatable bonds is 3. The van der Waals surface area contributed by atoms with E-state index in [-0.39, 0.29) is 5.54 Å². The van der Waals surface area contributed by atoms with Crippen LogP contribution in [0, 0.1) is 6.92 Å². The van der Waals surface area contributed by atoms with Crippen molar-refractivity contribution in [3.8, 4) is 0 Å². The van der Waals surface area contributed by atoms with Crippen LogP contribution in [0.25, 0.3) is 0 Å². The SMILES string of the molecule is CCn1nc(C)c(Br)c1CN1CCNC(C)(C)C1. The van der Waals surface area contributed by atoms with Crippen LogP contribution in [0.1, 0.15) is 32.2 Å². The Kier molecular flexibility index (Phi) is 4.14. The zero-order valence-corrected chi connectivity index (χ0v) is 13.3. The van der Waals surface area contributed by atoms with Crippen molar-refractivity contribution in [2.45, 2.75) is 46.3 Å². The highest BCUT2D eigenvalue weighted by atomic mass is 79.9. The molecule has 2 heterocycles. The lowest BCUT2D eigenvalue weighted by atomic mass is 10.0. The van der Waals surface area contributed by atoms with Crippen molar-refractivity contribution in [1.82, 2.24) is 20.0 Å². The molecule has 0 atom stereocenters. The Hall–Kier alpha value is -0.390. The molecule has 0 bridgehead atoms. The third-order valence-electron chi connectivity index (χ3n) is 3.48. The summed E-state index contributed by atoms with van der Waals surface area (Å²) in [5.74, 6) is 0. The van der Waals surface area contributed by atoms with Crippen LogP contribution in [0.3, 0.4) is 0 Å². The molecule has 0 unspecified atom stereocenters. The standard InChI is InChI=1S/C13H23BrN4/c1-5-18-11(12(14)10(2)16-18)8-17-7-6-15-13(3,4)9-17/h15H,5-9H2,1-4H3. The lowest BCUT2D eigenvalue weighted by Gasteiger charge is -2.39. The van der Waals surface area contributed by atoms with Gasteiger partial charge in [-0.05, 0) is 43.6 Å². The fourth-order valence-electron chi connectivity index (χ4n) is 2.61. The number of hydrogen-bond donors (Lipinski definition) is 1. The summed E-state index contributed by atoms with van der Waals surface area (Å²) in [5.41, 5.74) is 2.59. The molecule has 1 aliphatic rings. The van der Waals surface area contributed by atoms with E-state index >= 15 is 0 Å². The highest BCUT2D eigenvalue weighted by Crippen LogP contribution is 2.23. The van der Waals surface area contributed by atoms with Crippen molar-refractivity contribution in [2.24, 2.45) is 0 Å². The van der Waals surface area contributed by atoms with E-state index in [0.717, 1.165) is 38.4 Å². The third-order valence-corrected chi connectivity index (χ3v) is 4.51. The van der Waals surface area contributed by atoms with Crippen molar-refractivity contribution in [2.75, 3.05) is 19.6 Å². The Bertz CT molecular complexity index is 425. The fraction of sp³-hybridized carbons (Fsp3) is 0.769. The van der Waals surface area contributed by atoms with Crippen molar-refractivity contribution >= 4 is 15.9 Å². The normalized spacial score (nSPS) is 20.3. The van der Waals surface area contributed by atoms with Gasteiger partial charge in [0.05, 0.1) is 15.9 Å². The Balaban J connectivity index is 2.14. The first-order chi connectivity index (χ1) is 8.43. The molecule has 1 N–H and O–H groups in total. The van der Waals surface area contributed by atoms with Crippen molar-refractivity contribution < 1.29 is 0 Å². The number of aryl methyl sites for hydroxylation is 2. The lowest BCUT2D eigenvalue weighted by molar-refractivity contribution is 0.145. The molecule has 1 saturated heterocycles. The second-order valence-electron chi connectivity index (χ2n) is 5.68. The Morgan fingerprint density at radius 3 is 2.78 bits per heavy atom. The van der Waals surface area contributed by atoms with Crippen LogP contribution >= 0.6 is 15.9 Å². The Labute approximate surface area is 118 Å². The third kappa shape index (κ3) is 2.95. The molecule has 1 aromatic rings. The maximum absolute atomic E-state index is 4.56. The van der Waals surface area contributed by atoms with Gasteiger partial charge in [0.1, 0.15) is 0 Å². The van der Waals surface area contributed by atoms with Gasteiger partial charge in [0.25, 0.3) is 0 Å². The largest absolute Gasteiger partial charge is 0.309 e. The van der Waals surface area contributed by atoms with Crippen LogP contribution in [-0.4, -0.2) is 39.9 Å². The van der Waals surface area contributed by atoms with Crippen LogP contribution in [0.4, 0.5) is 0 Å². The highest BCUT2D eigenvalue weighted by Gasteiger charge is 2.27. The fourth-order valence-corrected chi connectivity index (χ4v) is 3.02. The summed E-state index contributed by atoms with van der Waals surface area (Å²) in [7, 11) is 0. The van der Waals surface area contributed by atoms with Gasteiger partial charge >= 0.3 is 0 Å². The van der Waals surface area contributed by atoms with E-state index in [1.165, 1.54) is 10.2 Å². The number of nitrogens with zero attached hydrogens (tertiary/aromatic N) is 3. The highest BCUT2D eigenvalue weighted by molar-refractivity contribution is 9.10. The van der Waals surface area contributed by atoms with Crippen molar-refractivity contribution in [3.05, 3.63) is 15.9 Å². The first-order valence-electron chi connectivity index (χ1n) is 6.62. The minimum absolute atomic E-state index is 0.205. The van der Waals surface area contributed by atoms with Gasteiger partial charge in [0, 0.05) is 38.3 Å². The van der Waals surface area contributed by atoms with Gasteiger partial charge in [-0.15, -0.1) is 0 Å². The molecule has 0 amide bonds. The molecule has 4 nitrogen and oxygen atoms in total. The van der Waals surface area contributed by atoms with Crippen LogP contribution in [0.2, 0.25) is 0 Å². The first kappa shape index (κ1) is 14.0. The second-order valence-corrected chi connectivity index (χ2v) is 6.48. The zero-order chi connectivity index (χ0) is 13.3. The van der Waals surface area contributed by atoms with Gasteiger partial charge in [-0.1, -0.05) is 0 Å². The van der Waals surface area contributed by atoms with E-state index in [4.69, 9.17) is 0 Å². The van der Waals surface area contributed by atoms with E-state index in [9.17, 15) is 0 Å². The molecular formula is C13H23BrN4. The number of nitrogens with one attached hydrogen (secondary N) is 1. The maximum Gasteiger partial charge on any atom is 0.0739 e. The van der Waals surface area contributed by atoms with Gasteiger partial charge < -0.3 is 5.32 Å². The average Bonchev–Trinajstić information content (AvgIpc) is 2.55. The molecule has 2 rings (SSSR count). The number of hydrogen-bond acceptors (Lipinski definition) is 3. The molecule has 5 heteroatoms. The monoisotopic (exact) mass is 314 g/mol. The Morgan fingerprint density at radius 2 is 2.17 bits per heavy atom. The van der Waals surface area contributed by atoms with Gasteiger partial charge in [-0.25, -0.2) is 0 Å². The maximum atomic E-state index is 4.56. The van der Waals surface area contributed by atoms with Crippen LogP contribution < -0.4 is 5.32 Å². The quantitative estimate of drug-likeness (QED) is 0.928. The van der Waals surface area contributed by atoms with Gasteiger partial charge in [-0.2, -0.15) is 5.10 Å². The van der Waals surface area contributed by atoms with E-state index in [1.54, 1.807) is 0 Å². The molecule has 18 heavy (non-hydrogen) atoms. The summed E-state index contributed by atoms with van der Waals surface area (Å²) in [6.45, 7) is 13.9. The van der Waals surface area contributed by atoms with E-state index in [2.05, 4.69) is 63.6 Å². The minimum Gasteiger partial charge on any atom is -0.309 e. The Morgan fingerprint density at radius 1 is 1.44 bits per heavy atom. The molecular weight excluding hydrogens is 292 g/mol. The summed E-state index contributed by atoms with van der Waals surface area (Å²) in [6.07, 6.45) is 0. The number of aromatic nitrogens is 2. The molecule has 1 aliphatic heterocycles. The van der Waals surface area contributed by atoms with Crippen molar-refractivity contribution in [1.29, 1.82) is 0 Å². The molecule has 0 aromatic carbocycles. The molecule has 1 aromatic heterocycles. The summed E-state index contributed by atoms with van der Waals surface area (Å²) in [4.78, 5) is 2.50. The van der Waals surface area contributed by atoms with E-state index in [1.807, 2.05) is 0 Å². The summed E-state index contributed by atoms with van der Waals surface area (Å²) in [6, 6.07) is 0. The second kappa shape index (κ2) is 5.31. The molecule has 102 valence electrons. The number of halogens is 1. The predicted octanol–water partition coefficient (Wildman–Crippen LogP) is 2.16. The summed E-state index contributed by atoms with van der Waals surface area (Å²) < 4.78 is 3.27. The minimum atomic E-state index is 0.205. The number of piperazine rings is 1. The van der Waals surface area contributed by atoms with Gasteiger partial charge in [-0.3, -0.25) is 9.58 Å². The van der Waals surface area contributed by atoms with Crippen LogP contribution in [0.15, 0.2) is 4.47 Å². The smallest absolute Gasteiger partial charge is 0.0739 e.